The summed E-state index contributed by atoms with van der Waals surface area (Å²) in [6, 6.07) is 8.26. The third-order valence-electron chi connectivity index (χ3n) is 2.29. The lowest BCUT2D eigenvalue weighted by Crippen LogP contribution is -1.82. The smallest absolute Gasteiger partial charge is 0.194 e. The average Bonchev–Trinajstić information content (AvgIpc) is 2.80. The second-order valence-electron chi connectivity index (χ2n) is 3.21. The van der Waals surface area contributed by atoms with E-state index in [0.29, 0.717) is 0 Å². The van der Waals surface area contributed by atoms with Crippen LogP contribution in [0.3, 0.4) is 0 Å². The van der Waals surface area contributed by atoms with Crippen LogP contribution in [-0.4, -0.2) is 9.38 Å². The standard InChI is InChI=1S/C11H7BrN2S/c12-9-3-1-8(2-4-9)10-7-13-11-14(10)5-6-15-11/h1-7H. The summed E-state index contributed by atoms with van der Waals surface area (Å²) in [5.74, 6) is 0. The zero-order chi connectivity index (χ0) is 10.3. The number of nitrogens with zero attached hydrogens (tertiary/aromatic N) is 2. The minimum atomic E-state index is 1.04. The Kier molecular flexibility index (Phi) is 2.11. The Balaban J connectivity index is 2.21. The summed E-state index contributed by atoms with van der Waals surface area (Å²) < 4.78 is 3.20. The van der Waals surface area contributed by atoms with E-state index in [1.165, 1.54) is 5.56 Å². The first-order chi connectivity index (χ1) is 7.34. The van der Waals surface area contributed by atoms with Crippen molar-refractivity contribution in [3.8, 4) is 11.3 Å². The molecule has 0 radical (unpaired) electrons. The van der Waals surface area contributed by atoms with Gasteiger partial charge in [-0.05, 0) is 12.1 Å². The van der Waals surface area contributed by atoms with Gasteiger partial charge in [-0.25, -0.2) is 4.98 Å². The quantitative estimate of drug-likeness (QED) is 0.661. The lowest BCUT2D eigenvalue weighted by molar-refractivity contribution is 1.23. The molecule has 2 aromatic heterocycles. The van der Waals surface area contributed by atoms with Gasteiger partial charge in [0.2, 0.25) is 0 Å². The molecule has 0 amide bonds. The monoisotopic (exact) mass is 278 g/mol. The highest BCUT2D eigenvalue weighted by Gasteiger charge is 2.05. The predicted octanol–water partition coefficient (Wildman–Crippen LogP) is 3.83. The zero-order valence-corrected chi connectivity index (χ0v) is 10.1. The van der Waals surface area contributed by atoms with Gasteiger partial charge in [0.15, 0.2) is 4.96 Å². The number of benzene rings is 1. The molecule has 1 aromatic carbocycles. The molecule has 0 unspecified atom stereocenters. The molecule has 3 rings (SSSR count). The molecule has 0 atom stereocenters. The van der Waals surface area contributed by atoms with Gasteiger partial charge in [0, 0.05) is 21.6 Å². The molecule has 0 bridgehead atoms. The second-order valence-corrected chi connectivity index (χ2v) is 4.99. The summed E-state index contributed by atoms with van der Waals surface area (Å²) >= 11 is 5.08. The number of halogens is 1. The van der Waals surface area contributed by atoms with Crippen LogP contribution in [0.5, 0.6) is 0 Å². The van der Waals surface area contributed by atoms with Gasteiger partial charge < -0.3 is 0 Å². The Hall–Kier alpha value is -1.13. The third-order valence-corrected chi connectivity index (χ3v) is 3.59. The van der Waals surface area contributed by atoms with Crippen molar-refractivity contribution in [3.05, 3.63) is 46.5 Å². The summed E-state index contributed by atoms with van der Waals surface area (Å²) in [5, 5.41) is 2.05. The van der Waals surface area contributed by atoms with Crippen molar-refractivity contribution in [2.45, 2.75) is 0 Å². The Morgan fingerprint density at radius 3 is 2.80 bits per heavy atom. The maximum absolute atomic E-state index is 4.35. The van der Waals surface area contributed by atoms with Crippen molar-refractivity contribution >= 4 is 32.2 Å². The van der Waals surface area contributed by atoms with Gasteiger partial charge in [-0.2, -0.15) is 0 Å². The van der Waals surface area contributed by atoms with E-state index in [0.717, 1.165) is 15.1 Å². The van der Waals surface area contributed by atoms with Crippen LogP contribution >= 0.6 is 27.3 Å². The number of hydrogen-bond acceptors (Lipinski definition) is 2. The van der Waals surface area contributed by atoms with Gasteiger partial charge in [-0.1, -0.05) is 28.1 Å². The Bertz CT molecular complexity index is 594. The highest BCUT2D eigenvalue weighted by molar-refractivity contribution is 9.10. The molecule has 0 saturated heterocycles. The zero-order valence-electron chi connectivity index (χ0n) is 7.72. The SMILES string of the molecule is Brc1ccc(-c2cnc3sccn23)cc1. The highest BCUT2D eigenvalue weighted by atomic mass is 79.9. The van der Waals surface area contributed by atoms with Crippen LogP contribution in [0.25, 0.3) is 16.2 Å². The minimum Gasteiger partial charge on any atom is -0.290 e. The molecule has 2 nitrogen and oxygen atoms in total. The van der Waals surface area contributed by atoms with Gasteiger partial charge in [-0.3, -0.25) is 4.40 Å². The van der Waals surface area contributed by atoms with Crippen molar-refractivity contribution in [2.75, 3.05) is 0 Å². The summed E-state index contributed by atoms with van der Waals surface area (Å²) in [6.07, 6.45) is 3.96. The van der Waals surface area contributed by atoms with Crippen molar-refractivity contribution in [2.24, 2.45) is 0 Å². The lowest BCUT2D eigenvalue weighted by atomic mass is 10.2. The van der Waals surface area contributed by atoms with E-state index in [2.05, 4.69) is 37.4 Å². The normalized spacial score (nSPS) is 11.0. The molecule has 2 heterocycles. The van der Waals surface area contributed by atoms with Crippen molar-refractivity contribution < 1.29 is 0 Å². The summed E-state index contributed by atoms with van der Waals surface area (Å²) in [6.45, 7) is 0. The largest absolute Gasteiger partial charge is 0.290 e. The lowest BCUT2D eigenvalue weighted by Gasteiger charge is -1.98. The van der Waals surface area contributed by atoms with Gasteiger partial charge in [0.25, 0.3) is 0 Å². The number of fused-ring (bicyclic) bond motifs is 1. The first kappa shape index (κ1) is 9.12. The van der Waals surface area contributed by atoms with Crippen LogP contribution in [0.2, 0.25) is 0 Å². The Morgan fingerprint density at radius 1 is 1.20 bits per heavy atom. The fourth-order valence-corrected chi connectivity index (χ4v) is 2.52. The first-order valence-electron chi connectivity index (χ1n) is 4.51. The van der Waals surface area contributed by atoms with E-state index < -0.39 is 0 Å². The van der Waals surface area contributed by atoms with Crippen molar-refractivity contribution in [1.82, 2.24) is 9.38 Å². The topological polar surface area (TPSA) is 17.3 Å². The van der Waals surface area contributed by atoms with Gasteiger partial charge >= 0.3 is 0 Å². The van der Waals surface area contributed by atoms with Crippen molar-refractivity contribution in [1.29, 1.82) is 0 Å². The summed E-state index contributed by atoms with van der Waals surface area (Å²) in [4.78, 5) is 5.38. The third kappa shape index (κ3) is 1.50. The number of imidazole rings is 1. The predicted molar refractivity (Wildman–Crippen MR) is 66.2 cm³/mol. The molecule has 0 aliphatic heterocycles. The minimum absolute atomic E-state index is 1.04. The fourth-order valence-electron chi connectivity index (χ4n) is 1.56. The van der Waals surface area contributed by atoms with Gasteiger partial charge in [-0.15, -0.1) is 11.3 Å². The molecule has 4 heteroatoms. The van der Waals surface area contributed by atoms with E-state index in [1.807, 2.05) is 29.9 Å². The number of hydrogen-bond donors (Lipinski definition) is 0. The molecule has 0 N–H and O–H groups in total. The summed E-state index contributed by atoms with van der Waals surface area (Å²) in [7, 11) is 0. The van der Waals surface area contributed by atoms with E-state index >= 15 is 0 Å². The number of rotatable bonds is 1. The average molecular weight is 279 g/mol. The molecule has 0 saturated carbocycles. The molecular weight excluding hydrogens is 272 g/mol. The van der Waals surface area contributed by atoms with E-state index in [-0.39, 0.29) is 0 Å². The molecule has 3 aromatic rings. The molecular formula is C11H7BrN2S. The van der Waals surface area contributed by atoms with Crippen LogP contribution in [0, 0.1) is 0 Å². The Labute approximate surface area is 99.3 Å². The molecule has 74 valence electrons. The highest BCUT2D eigenvalue weighted by Crippen LogP contribution is 2.24. The van der Waals surface area contributed by atoms with Crippen LogP contribution in [0.1, 0.15) is 0 Å². The van der Waals surface area contributed by atoms with Crippen LogP contribution < -0.4 is 0 Å². The molecule has 15 heavy (non-hydrogen) atoms. The molecule has 0 aliphatic carbocycles. The fraction of sp³-hybridized carbons (Fsp3) is 0. The second kappa shape index (κ2) is 3.47. The molecule has 0 fully saturated rings. The van der Waals surface area contributed by atoms with Crippen molar-refractivity contribution in [3.63, 3.8) is 0 Å². The van der Waals surface area contributed by atoms with Gasteiger partial charge in [0.1, 0.15) is 0 Å². The van der Waals surface area contributed by atoms with E-state index in [1.54, 1.807) is 11.3 Å². The number of aromatic nitrogens is 2. The molecule has 0 aliphatic rings. The van der Waals surface area contributed by atoms with E-state index in [9.17, 15) is 0 Å². The van der Waals surface area contributed by atoms with Crippen LogP contribution in [0.4, 0.5) is 0 Å². The van der Waals surface area contributed by atoms with E-state index in [4.69, 9.17) is 0 Å². The van der Waals surface area contributed by atoms with Crippen LogP contribution in [0.15, 0.2) is 46.5 Å². The Morgan fingerprint density at radius 2 is 2.00 bits per heavy atom. The van der Waals surface area contributed by atoms with Crippen LogP contribution in [-0.2, 0) is 0 Å². The van der Waals surface area contributed by atoms with Gasteiger partial charge in [0.05, 0.1) is 11.9 Å². The molecule has 0 spiro atoms. The summed E-state index contributed by atoms with van der Waals surface area (Å²) in [5.41, 5.74) is 2.32. The maximum Gasteiger partial charge on any atom is 0.194 e. The first-order valence-corrected chi connectivity index (χ1v) is 6.18. The number of thiazole rings is 1. The maximum atomic E-state index is 4.35.